The van der Waals surface area contributed by atoms with E-state index in [1.807, 2.05) is 0 Å². The van der Waals surface area contributed by atoms with Gasteiger partial charge in [-0.05, 0) is 37.7 Å². The Morgan fingerprint density at radius 3 is 2.50 bits per heavy atom. The Labute approximate surface area is 59.9 Å². The summed E-state index contributed by atoms with van der Waals surface area (Å²) in [6, 6.07) is 0. The van der Waals surface area contributed by atoms with Crippen LogP contribution in [-0.2, 0) is 0 Å². The lowest BCUT2D eigenvalue weighted by molar-refractivity contribution is 0.410. The molecule has 0 aliphatic rings. The highest BCUT2D eigenvalue weighted by Crippen LogP contribution is 2.06. The van der Waals surface area contributed by atoms with E-state index in [4.69, 9.17) is 10.7 Å². The molecule has 0 aliphatic heterocycles. The summed E-state index contributed by atoms with van der Waals surface area (Å²) in [6.45, 7) is 1.14. The zero-order valence-corrected chi connectivity index (χ0v) is 6.93. The molecule has 0 amide bonds. The van der Waals surface area contributed by atoms with E-state index < -0.39 is 0 Å². The molecule has 0 spiro atoms. The van der Waals surface area contributed by atoms with Crippen LogP contribution in [0.25, 0.3) is 0 Å². The van der Waals surface area contributed by atoms with E-state index in [1.54, 1.807) is 0 Å². The van der Waals surface area contributed by atoms with Crippen LogP contribution in [0.4, 0.5) is 0 Å². The van der Waals surface area contributed by atoms with Gasteiger partial charge in [-0.25, -0.2) is 0 Å². The normalized spacial score (nSPS) is 10.5. The Morgan fingerprint density at radius 2 is 2.12 bits per heavy atom. The summed E-state index contributed by atoms with van der Waals surface area (Å²) in [7, 11) is 10.9. The van der Waals surface area contributed by atoms with E-state index in [0.29, 0.717) is 0 Å². The van der Waals surface area contributed by atoms with Crippen molar-refractivity contribution in [2.24, 2.45) is 0 Å². The molecule has 8 heavy (non-hydrogen) atoms. The van der Waals surface area contributed by atoms with Crippen molar-refractivity contribution in [2.45, 2.75) is 6.42 Å². The minimum atomic E-state index is 1.06. The summed E-state index contributed by atoms with van der Waals surface area (Å²) in [5.41, 5.74) is 0. The van der Waals surface area contributed by atoms with Crippen LogP contribution < -0.4 is 0 Å². The third-order valence-electron chi connectivity index (χ3n) is 0.827. The summed E-state index contributed by atoms with van der Waals surface area (Å²) >= 11 is 0. The van der Waals surface area contributed by atoms with E-state index >= 15 is 0 Å². The predicted molar refractivity (Wildman–Crippen MR) is 41.5 cm³/mol. The van der Waals surface area contributed by atoms with Gasteiger partial charge in [0.05, 0.1) is 0 Å². The molecule has 0 unspecified atom stereocenters. The molecule has 0 saturated carbocycles. The van der Waals surface area contributed by atoms with Crippen LogP contribution >= 0.6 is 21.7 Å². The Kier molecular flexibility index (Phi) is 6.16. The lowest BCUT2D eigenvalue weighted by Gasteiger charge is -2.06. The van der Waals surface area contributed by atoms with Crippen molar-refractivity contribution >= 4 is 21.7 Å². The van der Waals surface area contributed by atoms with E-state index in [2.05, 4.69) is 19.0 Å². The van der Waals surface area contributed by atoms with Gasteiger partial charge in [0.25, 0.3) is 0 Å². The van der Waals surface area contributed by atoms with Gasteiger partial charge in [-0.15, -0.1) is 0 Å². The highest BCUT2D eigenvalue weighted by molar-refractivity contribution is 8.21. The van der Waals surface area contributed by atoms with E-state index in [0.717, 1.165) is 12.3 Å². The van der Waals surface area contributed by atoms with Gasteiger partial charge in [0.2, 0.25) is 0 Å². The number of nitrogens with zero attached hydrogens (tertiary/aromatic N) is 1. The maximum Gasteiger partial charge on any atom is 0.00974 e. The molecule has 0 aliphatic carbocycles. The highest BCUT2D eigenvalue weighted by atomic mass is 35.7. The van der Waals surface area contributed by atoms with Crippen LogP contribution in [0.2, 0.25) is 0 Å². The molecule has 0 rings (SSSR count). The summed E-state index contributed by atoms with van der Waals surface area (Å²) in [6.07, 6.45) is 1.18. The van der Waals surface area contributed by atoms with Crippen LogP contribution in [0.15, 0.2) is 0 Å². The van der Waals surface area contributed by atoms with Crippen LogP contribution in [0.5, 0.6) is 0 Å². The lowest BCUT2D eigenvalue weighted by atomic mass is 10.5. The summed E-state index contributed by atoms with van der Waals surface area (Å²) < 4.78 is 0. The smallest absolute Gasteiger partial charge is 0.00974 e. The second-order valence-corrected chi connectivity index (χ2v) is 3.25. The fourth-order valence-electron chi connectivity index (χ4n) is 0.435. The molecule has 0 N–H and O–H groups in total. The Morgan fingerprint density at radius 1 is 1.50 bits per heavy atom. The molecular weight excluding hydrogens is 142 g/mol. The fourth-order valence-corrected chi connectivity index (χ4v) is 1.00. The van der Waals surface area contributed by atoms with Gasteiger partial charge in [0, 0.05) is 5.75 Å². The zero-order chi connectivity index (χ0) is 6.41. The topological polar surface area (TPSA) is 3.24 Å². The van der Waals surface area contributed by atoms with Crippen molar-refractivity contribution in [2.75, 3.05) is 26.4 Å². The minimum absolute atomic E-state index is 1.06. The average Bonchev–Trinajstić information content (AvgIpc) is 1.66. The maximum atomic E-state index is 5.38. The number of hydrogen-bond donors (Lipinski definition) is 0. The quantitative estimate of drug-likeness (QED) is 0.567. The van der Waals surface area contributed by atoms with Crippen molar-refractivity contribution in [3.8, 4) is 0 Å². The van der Waals surface area contributed by atoms with Crippen molar-refractivity contribution in [3.05, 3.63) is 0 Å². The molecule has 0 saturated heterocycles. The largest absolute Gasteiger partial charge is 0.309 e. The molecule has 50 valence electrons. The van der Waals surface area contributed by atoms with E-state index in [9.17, 15) is 0 Å². The average molecular weight is 154 g/mol. The molecule has 1 nitrogen and oxygen atoms in total. The summed E-state index contributed by atoms with van der Waals surface area (Å²) in [5, 5.41) is 0. The standard InChI is InChI=1S/C5H12ClNS/c1-7(2)4-3-5-8-6/h3-5H2,1-2H3. The van der Waals surface area contributed by atoms with Crippen molar-refractivity contribution in [1.29, 1.82) is 0 Å². The summed E-state index contributed by atoms with van der Waals surface area (Å²) in [4.78, 5) is 2.16. The molecule has 0 heterocycles. The molecule has 0 atom stereocenters. The second kappa shape index (κ2) is 5.73. The number of hydrogen-bond acceptors (Lipinski definition) is 2. The maximum absolute atomic E-state index is 5.38. The predicted octanol–water partition coefficient (Wildman–Crippen LogP) is 1.83. The van der Waals surface area contributed by atoms with Crippen molar-refractivity contribution in [3.63, 3.8) is 0 Å². The van der Waals surface area contributed by atoms with Gasteiger partial charge < -0.3 is 4.90 Å². The third-order valence-corrected chi connectivity index (χ3v) is 1.73. The number of halogens is 1. The third kappa shape index (κ3) is 6.60. The molecule has 0 aromatic heterocycles. The minimum Gasteiger partial charge on any atom is -0.309 e. The molecule has 0 radical (unpaired) electrons. The van der Waals surface area contributed by atoms with Crippen molar-refractivity contribution in [1.82, 2.24) is 4.90 Å². The van der Waals surface area contributed by atoms with Gasteiger partial charge in [-0.1, -0.05) is 11.0 Å². The number of rotatable bonds is 4. The molecule has 0 bridgehead atoms. The molecule has 3 heteroatoms. The van der Waals surface area contributed by atoms with Gasteiger partial charge in [-0.2, -0.15) is 0 Å². The molecule has 0 aromatic rings. The first-order valence-electron chi connectivity index (χ1n) is 2.65. The van der Waals surface area contributed by atoms with Crippen LogP contribution in [0.3, 0.4) is 0 Å². The van der Waals surface area contributed by atoms with Gasteiger partial charge in [-0.3, -0.25) is 0 Å². The van der Waals surface area contributed by atoms with Gasteiger partial charge in [0.1, 0.15) is 0 Å². The van der Waals surface area contributed by atoms with Gasteiger partial charge in [0.15, 0.2) is 0 Å². The van der Waals surface area contributed by atoms with Crippen LogP contribution in [0, 0.1) is 0 Å². The first-order valence-corrected chi connectivity index (χ1v) is 4.47. The van der Waals surface area contributed by atoms with Gasteiger partial charge >= 0.3 is 0 Å². The monoisotopic (exact) mass is 153 g/mol. The second-order valence-electron chi connectivity index (χ2n) is 1.97. The fraction of sp³-hybridized carbons (Fsp3) is 1.00. The zero-order valence-electron chi connectivity index (χ0n) is 5.35. The first kappa shape index (κ1) is 8.60. The van der Waals surface area contributed by atoms with Crippen molar-refractivity contribution < 1.29 is 0 Å². The van der Waals surface area contributed by atoms with Crippen LogP contribution in [0.1, 0.15) is 6.42 Å². The lowest BCUT2D eigenvalue weighted by Crippen LogP contribution is -2.13. The molecular formula is C5H12ClNS. The van der Waals surface area contributed by atoms with E-state index in [1.165, 1.54) is 17.4 Å². The van der Waals surface area contributed by atoms with E-state index in [-0.39, 0.29) is 0 Å². The van der Waals surface area contributed by atoms with Crippen LogP contribution in [-0.4, -0.2) is 31.3 Å². The Hall–Kier alpha value is 0.600. The molecule has 0 aromatic carbocycles. The Balaban J connectivity index is 2.72. The summed E-state index contributed by atoms with van der Waals surface area (Å²) in [5.74, 6) is 1.06. The SMILES string of the molecule is CN(C)CCCSCl. The first-order chi connectivity index (χ1) is 3.77. The Bertz CT molecular complexity index is 49.7. The highest BCUT2D eigenvalue weighted by Gasteiger charge is 1.87. The molecule has 0 fully saturated rings.